The fourth-order valence-electron chi connectivity index (χ4n) is 3.18. The Labute approximate surface area is 182 Å². The van der Waals surface area contributed by atoms with Crippen LogP contribution in [0.4, 0.5) is 5.69 Å². The maximum atomic E-state index is 12.2. The van der Waals surface area contributed by atoms with E-state index >= 15 is 0 Å². The molecule has 1 amide bonds. The Bertz CT molecular complexity index is 1180. The van der Waals surface area contributed by atoms with Crippen molar-refractivity contribution in [2.24, 2.45) is 0 Å². The number of hydrogen-bond donors (Lipinski definition) is 2. The van der Waals surface area contributed by atoms with E-state index in [1.54, 1.807) is 30.3 Å². The highest BCUT2D eigenvalue weighted by molar-refractivity contribution is 7.92. The second-order valence-corrected chi connectivity index (χ2v) is 9.09. The zero-order valence-electron chi connectivity index (χ0n) is 17.8. The summed E-state index contributed by atoms with van der Waals surface area (Å²) in [6.07, 6.45) is 4.23. The lowest BCUT2D eigenvalue weighted by Gasteiger charge is -2.06. The molecule has 0 radical (unpaired) electrons. The van der Waals surface area contributed by atoms with Crippen LogP contribution >= 0.6 is 0 Å². The van der Waals surface area contributed by atoms with Crippen LogP contribution in [-0.4, -0.2) is 30.4 Å². The summed E-state index contributed by atoms with van der Waals surface area (Å²) >= 11 is 0. The van der Waals surface area contributed by atoms with Crippen LogP contribution in [0.3, 0.4) is 0 Å². The third-order valence-electron chi connectivity index (χ3n) is 4.79. The minimum atomic E-state index is -3.31. The summed E-state index contributed by atoms with van der Waals surface area (Å²) in [6, 6.07) is 16.9. The van der Waals surface area contributed by atoms with Gasteiger partial charge in [0.15, 0.2) is 0 Å². The van der Waals surface area contributed by atoms with Crippen LogP contribution in [0.15, 0.2) is 60.7 Å². The molecule has 2 N–H and O–H groups in total. The molecular weight excluding hydrogens is 412 g/mol. The van der Waals surface area contributed by atoms with Gasteiger partial charge in [0.2, 0.25) is 15.9 Å². The SMILES string of the molecule is Cc1nn(Cc2ccccc2)c(C)c1CNC(=O)/C=C/c1ccc(NS(C)(=O)=O)cc1. The third-order valence-corrected chi connectivity index (χ3v) is 5.39. The zero-order valence-corrected chi connectivity index (χ0v) is 18.6. The van der Waals surface area contributed by atoms with Crippen LogP contribution < -0.4 is 10.0 Å². The third kappa shape index (κ3) is 6.55. The number of aryl methyl sites for hydroxylation is 1. The van der Waals surface area contributed by atoms with Crippen molar-refractivity contribution in [2.75, 3.05) is 11.0 Å². The largest absolute Gasteiger partial charge is 0.348 e. The Morgan fingerprint density at radius 2 is 1.74 bits per heavy atom. The lowest BCUT2D eigenvalue weighted by molar-refractivity contribution is -0.116. The highest BCUT2D eigenvalue weighted by Gasteiger charge is 2.12. The van der Waals surface area contributed by atoms with Crippen LogP contribution in [0.2, 0.25) is 0 Å². The molecule has 0 saturated carbocycles. The smallest absolute Gasteiger partial charge is 0.244 e. The molecule has 3 aromatic rings. The Hall–Kier alpha value is -3.39. The van der Waals surface area contributed by atoms with Crippen molar-refractivity contribution in [2.45, 2.75) is 26.9 Å². The molecule has 0 aliphatic carbocycles. The molecule has 1 heterocycles. The molecule has 2 aromatic carbocycles. The van der Waals surface area contributed by atoms with Gasteiger partial charge in [-0.2, -0.15) is 5.10 Å². The first kappa shape index (κ1) is 22.3. The Balaban J connectivity index is 1.58. The number of amides is 1. The van der Waals surface area contributed by atoms with Gasteiger partial charge in [0.25, 0.3) is 0 Å². The van der Waals surface area contributed by atoms with Crippen LogP contribution in [0.5, 0.6) is 0 Å². The predicted octanol–water partition coefficient (Wildman–Crippen LogP) is 3.25. The molecule has 0 fully saturated rings. The lowest BCUT2D eigenvalue weighted by atomic mass is 10.2. The van der Waals surface area contributed by atoms with Crippen molar-refractivity contribution in [1.82, 2.24) is 15.1 Å². The van der Waals surface area contributed by atoms with Gasteiger partial charge >= 0.3 is 0 Å². The lowest BCUT2D eigenvalue weighted by Crippen LogP contribution is -2.21. The van der Waals surface area contributed by atoms with Crippen molar-refractivity contribution in [3.8, 4) is 0 Å². The van der Waals surface area contributed by atoms with Gasteiger partial charge in [0.05, 0.1) is 18.5 Å². The summed E-state index contributed by atoms with van der Waals surface area (Å²) in [5, 5.41) is 7.51. The molecule has 0 unspecified atom stereocenters. The molecule has 0 saturated heterocycles. The first-order valence-corrected chi connectivity index (χ1v) is 11.7. The number of anilines is 1. The topological polar surface area (TPSA) is 93.1 Å². The van der Waals surface area contributed by atoms with E-state index in [1.165, 1.54) is 11.6 Å². The Kier molecular flexibility index (Phi) is 6.91. The molecule has 8 heteroatoms. The van der Waals surface area contributed by atoms with Gasteiger partial charge in [-0.1, -0.05) is 42.5 Å². The average Bonchev–Trinajstić information content (AvgIpc) is 2.98. The summed E-state index contributed by atoms with van der Waals surface area (Å²) in [5.41, 5.74) is 5.37. The fraction of sp³-hybridized carbons (Fsp3) is 0.217. The van der Waals surface area contributed by atoms with Crippen LogP contribution in [0, 0.1) is 13.8 Å². The number of hydrogen-bond acceptors (Lipinski definition) is 4. The van der Waals surface area contributed by atoms with Crippen molar-refractivity contribution >= 4 is 27.7 Å². The van der Waals surface area contributed by atoms with E-state index in [2.05, 4.69) is 27.3 Å². The number of sulfonamides is 1. The standard InChI is InChI=1S/C23H26N4O3S/c1-17-22(18(2)27(25-17)16-20-7-5-4-6-8-20)15-24-23(28)14-11-19-9-12-21(13-10-19)26-31(3,29)30/h4-14,26H,15-16H2,1-3H3,(H,24,28)/b14-11+. The van der Waals surface area contributed by atoms with E-state index in [9.17, 15) is 13.2 Å². The van der Waals surface area contributed by atoms with Gasteiger partial charge in [0, 0.05) is 29.6 Å². The van der Waals surface area contributed by atoms with Crippen LogP contribution in [-0.2, 0) is 27.9 Å². The number of nitrogens with one attached hydrogen (secondary N) is 2. The average molecular weight is 439 g/mol. The van der Waals surface area contributed by atoms with E-state index in [-0.39, 0.29) is 5.91 Å². The van der Waals surface area contributed by atoms with Crippen molar-refractivity contribution < 1.29 is 13.2 Å². The molecule has 0 atom stereocenters. The summed E-state index contributed by atoms with van der Waals surface area (Å²) < 4.78 is 26.8. The minimum absolute atomic E-state index is 0.215. The van der Waals surface area contributed by atoms with Crippen LogP contribution in [0.1, 0.15) is 28.1 Å². The zero-order chi connectivity index (χ0) is 22.4. The first-order chi connectivity index (χ1) is 14.7. The maximum Gasteiger partial charge on any atom is 0.244 e. The minimum Gasteiger partial charge on any atom is -0.348 e. The van der Waals surface area contributed by atoms with Crippen LogP contribution in [0.25, 0.3) is 6.08 Å². The number of carbonyl (C=O) groups is 1. The van der Waals surface area contributed by atoms with Gasteiger partial charge in [-0.15, -0.1) is 0 Å². The number of nitrogens with zero attached hydrogens (tertiary/aromatic N) is 2. The van der Waals surface area contributed by atoms with E-state index in [0.29, 0.717) is 18.8 Å². The monoisotopic (exact) mass is 438 g/mol. The molecule has 0 spiro atoms. The number of rotatable bonds is 8. The molecule has 162 valence electrons. The summed E-state index contributed by atoms with van der Waals surface area (Å²) in [5.74, 6) is -0.215. The number of aromatic nitrogens is 2. The summed E-state index contributed by atoms with van der Waals surface area (Å²) in [6.45, 7) is 5.03. The number of carbonyl (C=O) groups excluding carboxylic acids is 1. The molecule has 3 rings (SSSR count). The summed E-state index contributed by atoms with van der Waals surface area (Å²) in [7, 11) is -3.31. The quantitative estimate of drug-likeness (QED) is 0.528. The Morgan fingerprint density at radius 1 is 1.06 bits per heavy atom. The molecule has 31 heavy (non-hydrogen) atoms. The molecule has 0 aliphatic rings. The second-order valence-electron chi connectivity index (χ2n) is 7.34. The molecule has 1 aromatic heterocycles. The first-order valence-electron chi connectivity index (χ1n) is 9.82. The van der Waals surface area contributed by atoms with E-state index in [1.807, 2.05) is 36.7 Å². The summed E-state index contributed by atoms with van der Waals surface area (Å²) in [4.78, 5) is 12.2. The molecule has 0 bridgehead atoms. The van der Waals surface area contributed by atoms with Gasteiger partial charge in [-0.05, 0) is 43.2 Å². The van der Waals surface area contributed by atoms with Gasteiger partial charge in [0.1, 0.15) is 0 Å². The van der Waals surface area contributed by atoms with E-state index < -0.39 is 10.0 Å². The normalized spacial score (nSPS) is 11.6. The highest BCUT2D eigenvalue weighted by atomic mass is 32.2. The predicted molar refractivity (Wildman–Crippen MR) is 123 cm³/mol. The van der Waals surface area contributed by atoms with Gasteiger partial charge < -0.3 is 5.32 Å². The van der Waals surface area contributed by atoms with Crippen molar-refractivity contribution in [3.63, 3.8) is 0 Å². The molecular formula is C23H26N4O3S. The van der Waals surface area contributed by atoms with Crippen molar-refractivity contribution in [3.05, 3.63) is 88.8 Å². The number of benzene rings is 2. The fourth-order valence-corrected chi connectivity index (χ4v) is 3.75. The molecule has 7 nitrogen and oxygen atoms in total. The second kappa shape index (κ2) is 9.61. The molecule has 0 aliphatic heterocycles. The van der Waals surface area contributed by atoms with Gasteiger partial charge in [-0.25, -0.2) is 8.42 Å². The van der Waals surface area contributed by atoms with Crippen molar-refractivity contribution in [1.29, 1.82) is 0 Å². The van der Waals surface area contributed by atoms with Gasteiger partial charge in [-0.3, -0.25) is 14.2 Å². The maximum absolute atomic E-state index is 12.2. The van der Waals surface area contributed by atoms with E-state index in [4.69, 9.17) is 0 Å². The highest BCUT2D eigenvalue weighted by Crippen LogP contribution is 2.15. The Morgan fingerprint density at radius 3 is 2.39 bits per heavy atom. The van der Waals surface area contributed by atoms with E-state index in [0.717, 1.165) is 28.8 Å².